The van der Waals surface area contributed by atoms with Gasteiger partial charge in [0.1, 0.15) is 11.4 Å². The number of amides is 1. The number of carbonyl (C=O) groups excluding carboxylic acids is 1. The number of likely N-dealkylation sites (N-methyl/N-ethyl adjacent to an activating group) is 1. The molecule has 5 heteroatoms. The maximum atomic E-state index is 14.0. The molecule has 0 unspecified atom stereocenters. The lowest BCUT2D eigenvalue weighted by Crippen LogP contribution is -2.47. The van der Waals surface area contributed by atoms with Crippen LogP contribution in [0.25, 0.3) is 11.1 Å². The first-order chi connectivity index (χ1) is 11.6. The number of rotatable bonds is 2. The fraction of sp³-hybridized carbons (Fsp3) is 0.368. The van der Waals surface area contributed by atoms with E-state index in [0.29, 0.717) is 5.56 Å². The van der Waals surface area contributed by atoms with Crippen LogP contribution >= 0.6 is 0 Å². The first-order valence-corrected chi connectivity index (χ1v) is 8.33. The van der Waals surface area contributed by atoms with Gasteiger partial charge in [0.2, 0.25) is 5.91 Å². The van der Waals surface area contributed by atoms with Crippen LogP contribution in [0.3, 0.4) is 0 Å². The zero-order chi connectivity index (χ0) is 16.7. The number of pyridine rings is 1. The van der Waals surface area contributed by atoms with Gasteiger partial charge in [-0.3, -0.25) is 15.1 Å². The summed E-state index contributed by atoms with van der Waals surface area (Å²) in [6, 6.07) is 10.5. The van der Waals surface area contributed by atoms with Crippen LogP contribution in [0, 0.1) is 5.82 Å². The lowest BCUT2D eigenvalue weighted by atomic mass is 9.96. The Bertz CT molecular complexity index is 794. The Balaban J connectivity index is 1.62. The minimum atomic E-state index is -0.435. The van der Waals surface area contributed by atoms with E-state index in [1.54, 1.807) is 23.2 Å². The average Bonchev–Trinajstić information content (AvgIpc) is 3.16. The van der Waals surface area contributed by atoms with E-state index in [-0.39, 0.29) is 17.8 Å². The molecule has 1 aromatic heterocycles. The second-order valence-corrected chi connectivity index (χ2v) is 6.74. The third kappa shape index (κ3) is 2.40. The molecule has 4 nitrogen and oxygen atoms in total. The third-order valence-electron chi connectivity index (χ3n) is 5.26. The standard InChI is InChI=1S/C19H20FN3O/c1-23-11-9-19(18(23)24)8-6-16(22-19)17-12-13(7-10-21-17)14-4-2-3-5-15(14)20/h2-5,7,10,12,16,22H,6,8-9,11H2,1H3/t16-,19-/m0/s1. The minimum absolute atomic E-state index is 0.0344. The molecule has 3 heterocycles. The Hall–Kier alpha value is -2.27. The van der Waals surface area contributed by atoms with Crippen LogP contribution in [0.15, 0.2) is 42.6 Å². The first kappa shape index (κ1) is 15.3. The molecule has 2 aliphatic rings. The molecule has 1 amide bonds. The smallest absolute Gasteiger partial charge is 0.242 e. The molecule has 2 saturated heterocycles. The molecule has 1 spiro atoms. The van der Waals surface area contributed by atoms with Crippen LogP contribution in [-0.4, -0.2) is 34.9 Å². The molecule has 124 valence electrons. The van der Waals surface area contributed by atoms with Crippen molar-refractivity contribution in [2.75, 3.05) is 13.6 Å². The summed E-state index contributed by atoms with van der Waals surface area (Å²) in [6.07, 6.45) is 4.25. The largest absolute Gasteiger partial charge is 0.344 e. The molecule has 2 fully saturated rings. The first-order valence-electron chi connectivity index (χ1n) is 8.33. The highest BCUT2D eigenvalue weighted by molar-refractivity contribution is 5.88. The number of nitrogens with one attached hydrogen (secondary N) is 1. The maximum Gasteiger partial charge on any atom is 0.242 e. The molecule has 0 radical (unpaired) electrons. The topological polar surface area (TPSA) is 45.2 Å². The number of carbonyl (C=O) groups is 1. The molecule has 4 rings (SSSR count). The molecule has 2 aliphatic heterocycles. The Morgan fingerprint density at radius 3 is 2.88 bits per heavy atom. The minimum Gasteiger partial charge on any atom is -0.344 e. The van der Waals surface area contributed by atoms with Gasteiger partial charge < -0.3 is 4.90 Å². The Kier molecular flexibility index (Phi) is 3.61. The van der Waals surface area contributed by atoms with Gasteiger partial charge in [0.25, 0.3) is 0 Å². The van der Waals surface area contributed by atoms with Crippen LogP contribution in [0.1, 0.15) is 31.0 Å². The molecule has 1 aromatic carbocycles. The van der Waals surface area contributed by atoms with E-state index in [1.807, 2.05) is 25.2 Å². The number of nitrogens with zero attached hydrogens (tertiary/aromatic N) is 2. The number of hydrogen-bond acceptors (Lipinski definition) is 3. The summed E-state index contributed by atoms with van der Waals surface area (Å²) in [7, 11) is 1.85. The highest BCUT2D eigenvalue weighted by Gasteiger charge is 2.50. The van der Waals surface area contributed by atoms with Gasteiger partial charge in [0, 0.05) is 25.4 Å². The Morgan fingerprint density at radius 2 is 2.12 bits per heavy atom. The fourth-order valence-electron chi connectivity index (χ4n) is 3.89. The van der Waals surface area contributed by atoms with Crippen molar-refractivity contribution in [1.29, 1.82) is 0 Å². The second kappa shape index (κ2) is 5.67. The van der Waals surface area contributed by atoms with Crippen molar-refractivity contribution in [1.82, 2.24) is 15.2 Å². The summed E-state index contributed by atoms with van der Waals surface area (Å²) < 4.78 is 14.0. The van der Waals surface area contributed by atoms with Crippen molar-refractivity contribution in [3.63, 3.8) is 0 Å². The molecule has 24 heavy (non-hydrogen) atoms. The molecule has 2 atom stereocenters. The number of aromatic nitrogens is 1. The van der Waals surface area contributed by atoms with Crippen molar-refractivity contribution in [2.45, 2.75) is 30.8 Å². The molecule has 1 N–H and O–H groups in total. The summed E-state index contributed by atoms with van der Waals surface area (Å²) in [5.74, 6) is -0.0617. The quantitative estimate of drug-likeness (QED) is 0.923. The zero-order valence-electron chi connectivity index (χ0n) is 13.6. The molecule has 0 saturated carbocycles. The number of benzene rings is 1. The van der Waals surface area contributed by atoms with Gasteiger partial charge in [-0.05, 0) is 43.0 Å². The highest BCUT2D eigenvalue weighted by Crippen LogP contribution is 2.39. The number of hydrogen-bond donors (Lipinski definition) is 1. The highest BCUT2D eigenvalue weighted by atomic mass is 19.1. The zero-order valence-corrected chi connectivity index (χ0v) is 13.6. The van der Waals surface area contributed by atoms with E-state index < -0.39 is 5.54 Å². The summed E-state index contributed by atoms with van der Waals surface area (Å²) >= 11 is 0. The van der Waals surface area contributed by atoms with Crippen LogP contribution in [-0.2, 0) is 4.79 Å². The van der Waals surface area contributed by atoms with Crippen molar-refractivity contribution in [3.8, 4) is 11.1 Å². The van der Waals surface area contributed by atoms with Gasteiger partial charge in [-0.25, -0.2) is 4.39 Å². The summed E-state index contributed by atoms with van der Waals surface area (Å²) in [5.41, 5.74) is 1.82. The number of likely N-dealkylation sites (tertiary alicyclic amines) is 1. The molecular weight excluding hydrogens is 305 g/mol. The third-order valence-corrected chi connectivity index (χ3v) is 5.26. The molecular formula is C19H20FN3O. The van der Waals surface area contributed by atoms with E-state index in [4.69, 9.17) is 0 Å². The average molecular weight is 325 g/mol. The number of halogens is 1. The maximum absolute atomic E-state index is 14.0. The van der Waals surface area contributed by atoms with E-state index in [9.17, 15) is 9.18 Å². The summed E-state index contributed by atoms with van der Waals surface area (Å²) in [4.78, 5) is 18.7. The SMILES string of the molecule is CN1CC[C@@]2(CC[C@@H](c3cc(-c4ccccc4F)ccn3)N2)C1=O. The van der Waals surface area contributed by atoms with E-state index in [0.717, 1.165) is 37.1 Å². The van der Waals surface area contributed by atoms with E-state index in [1.165, 1.54) is 6.07 Å². The van der Waals surface area contributed by atoms with Gasteiger partial charge in [-0.15, -0.1) is 0 Å². The monoisotopic (exact) mass is 325 g/mol. The summed E-state index contributed by atoms with van der Waals surface area (Å²) in [5, 5.41) is 3.51. The van der Waals surface area contributed by atoms with Crippen molar-refractivity contribution < 1.29 is 9.18 Å². The van der Waals surface area contributed by atoms with Gasteiger partial charge in [-0.2, -0.15) is 0 Å². The lowest BCUT2D eigenvalue weighted by molar-refractivity contribution is -0.131. The van der Waals surface area contributed by atoms with Gasteiger partial charge in [0.15, 0.2) is 0 Å². The summed E-state index contributed by atoms with van der Waals surface area (Å²) in [6.45, 7) is 0.793. The fourth-order valence-corrected chi connectivity index (χ4v) is 3.89. The van der Waals surface area contributed by atoms with Gasteiger partial charge >= 0.3 is 0 Å². The predicted octanol–water partition coefficient (Wildman–Crippen LogP) is 2.91. The Labute approximate surface area is 140 Å². The molecule has 2 aromatic rings. The molecule has 0 bridgehead atoms. The van der Waals surface area contributed by atoms with Crippen molar-refractivity contribution in [3.05, 3.63) is 54.1 Å². The van der Waals surface area contributed by atoms with Crippen molar-refractivity contribution >= 4 is 5.91 Å². The van der Waals surface area contributed by atoms with E-state index >= 15 is 0 Å². The normalized spacial score (nSPS) is 26.5. The molecule has 0 aliphatic carbocycles. The Morgan fingerprint density at radius 1 is 1.29 bits per heavy atom. The lowest BCUT2D eigenvalue weighted by Gasteiger charge is -2.23. The van der Waals surface area contributed by atoms with Gasteiger partial charge in [-0.1, -0.05) is 18.2 Å². The second-order valence-electron chi connectivity index (χ2n) is 6.74. The van der Waals surface area contributed by atoms with Gasteiger partial charge in [0.05, 0.1) is 11.7 Å². The van der Waals surface area contributed by atoms with E-state index in [2.05, 4.69) is 10.3 Å². The van der Waals surface area contributed by atoms with Crippen molar-refractivity contribution in [2.24, 2.45) is 0 Å². The van der Waals surface area contributed by atoms with Crippen LogP contribution in [0.2, 0.25) is 0 Å². The van der Waals surface area contributed by atoms with Crippen LogP contribution in [0.5, 0.6) is 0 Å². The van der Waals surface area contributed by atoms with Crippen LogP contribution < -0.4 is 5.32 Å². The van der Waals surface area contributed by atoms with Crippen LogP contribution in [0.4, 0.5) is 4.39 Å². The predicted molar refractivity (Wildman–Crippen MR) is 89.7 cm³/mol.